The Morgan fingerprint density at radius 2 is 1.77 bits per heavy atom. The first-order chi connectivity index (χ1) is 14.6. The summed E-state index contributed by atoms with van der Waals surface area (Å²) in [4.78, 5) is 38.4. The molecule has 4 aromatic rings. The van der Waals surface area contributed by atoms with Gasteiger partial charge in [0.1, 0.15) is 17.2 Å². The summed E-state index contributed by atoms with van der Waals surface area (Å²) in [6.07, 6.45) is 4.15. The molecule has 0 bridgehead atoms. The minimum atomic E-state index is -0.599. The van der Waals surface area contributed by atoms with E-state index in [0.717, 1.165) is 4.68 Å². The van der Waals surface area contributed by atoms with Crippen LogP contribution in [0.1, 0.15) is 10.5 Å². The van der Waals surface area contributed by atoms with Crippen molar-refractivity contribution in [2.75, 3.05) is 19.6 Å². The normalized spacial score (nSPS) is 10.6. The van der Waals surface area contributed by atoms with E-state index in [9.17, 15) is 9.59 Å². The van der Waals surface area contributed by atoms with Crippen LogP contribution in [0, 0.1) is 0 Å². The van der Waals surface area contributed by atoms with Crippen molar-refractivity contribution in [3.8, 4) is 22.9 Å². The van der Waals surface area contributed by atoms with Gasteiger partial charge in [0.05, 0.1) is 31.3 Å². The summed E-state index contributed by atoms with van der Waals surface area (Å²) in [7, 11) is 3.05. The highest BCUT2D eigenvalue weighted by molar-refractivity contribution is 5.98. The number of methoxy groups -OCH3 is 2. The number of rotatable bonds is 5. The Balaban J connectivity index is 1.93. The van der Waals surface area contributed by atoms with E-state index in [2.05, 4.69) is 20.4 Å². The zero-order chi connectivity index (χ0) is 21.1. The van der Waals surface area contributed by atoms with E-state index in [1.54, 1.807) is 42.5 Å². The third-order valence-electron chi connectivity index (χ3n) is 4.39. The number of carbonyl (C=O) groups is 1. The number of aromatic nitrogens is 4. The first-order valence-electron chi connectivity index (χ1n) is 8.93. The van der Waals surface area contributed by atoms with Gasteiger partial charge >= 0.3 is 0 Å². The molecule has 2 heterocycles. The standard InChI is InChI=1S/C21H17N5O4/c1-29-14-9-13(10-15(11-14)30-2)19-24-17-6-4-3-5-16(17)21(28)26(19)25-20(27)18-12-22-7-8-23-18/h3-12H,1-2H3,(H,25,27). The quantitative estimate of drug-likeness (QED) is 0.544. The van der Waals surface area contributed by atoms with Crippen molar-refractivity contribution in [3.05, 3.63) is 77.1 Å². The topological polar surface area (TPSA) is 108 Å². The molecule has 0 saturated carbocycles. The lowest BCUT2D eigenvalue weighted by atomic mass is 10.1. The van der Waals surface area contributed by atoms with Crippen molar-refractivity contribution in [1.82, 2.24) is 19.6 Å². The predicted molar refractivity (Wildman–Crippen MR) is 110 cm³/mol. The molecule has 0 aliphatic rings. The highest BCUT2D eigenvalue weighted by Crippen LogP contribution is 2.28. The Kier molecular flexibility index (Phi) is 5.08. The third kappa shape index (κ3) is 3.55. The molecule has 0 unspecified atom stereocenters. The highest BCUT2D eigenvalue weighted by atomic mass is 16.5. The van der Waals surface area contributed by atoms with Crippen molar-refractivity contribution < 1.29 is 14.3 Å². The van der Waals surface area contributed by atoms with Crippen LogP contribution in [0.25, 0.3) is 22.3 Å². The number of benzene rings is 2. The molecule has 0 spiro atoms. The van der Waals surface area contributed by atoms with Crippen LogP contribution < -0.4 is 20.5 Å². The lowest BCUT2D eigenvalue weighted by Crippen LogP contribution is -2.35. The van der Waals surface area contributed by atoms with Crippen LogP contribution in [-0.4, -0.2) is 39.8 Å². The van der Waals surface area contributed by atoms with Crippen LogP contribution >= 0.6 is 0 Å². The van der Waals surface area contributed by atoms with Crippen molar-refractivity contribution in [1.29, 1.82) is 0 Å². The van der Waals surface area contributed by atoms with E-state index in [-0.39, 0.29) is 11.5 Å². The largest absolute Gasteiger partial charge is 0.497 e. The minimum absolute atomic E-state index is 0.0618. The number of hydrogen-bond donors (Lipinski definition) is 1. The molecule has 150 valence electrons. The molecule has 0 fully saturated rings. The second kappa shape index (κ2) is 8.00. The number of para-hydroxylation sites is 1. The summed E-state index contributed by atoms with van der Waals surface area (Å²) < 4.78 is 11.7. The van der Waals surface area contributed by atoms with Crippen molar-refractivity contribution in [3.63, 3.8) is 0 Å². The van der Waals surface area contributed by atoms with E-state index in [0.29, 0.717) is 28.0 Å². The van der Waals surface area contributed by atoms with Gasteiger partial charge < -0.3 is 9.47 Å². The monoisotopic (exact) mass is 403 g/mol. The first kappa shape index (κ1) is 19.1. The smallest absolute Gasteiger partial charge is 0.290 e. The van der Waals surface area contributed by atoms with E-state index >= 15 is 0 Å². The molecule has 0 atom stereocenters. The maximum atomic E-state index is 13.2. The van der Waals surface area contributed by atoms with Gasteiger partial charge in [-0.25, -0.2) is 9.97 Å². The van der Waals surface area contributed by atoms with Gasteiger partial charge in [-0.15, -0.1) is 0 Å². The molecule has 0 aliphatic heterocycles. The zero-order valence-corrected chi connectivity index (χ0v) is 16.2. The van der Waals surface area contributed by atoms with Crippen LogP contribution in [-0.2, 0) is 0 Å². The van der Waals surface area contributed by atoms with Crippen LogP contribution in [0.3, 0.4) is 0 Å². The molecule has 30 heavy (non-hydrogen) atoms. The van der Waals surface area contributed by atoms with Crippen molar-refractivity contribution in [2.24, 2.45) is 0 Å². The van der Waals surface area contributed by atoms with Crippen molar-refractivity contribution in [2.45, 2.75) is 0 Å². The second-order valence-electron chi connectivity index (χ2n) is 6.23. The number of ether oxygens (including phenoxy) is 2. The molecule has 0 aliphatic carbocycles. The second-order valence-corrected chi connectivity index (χ2v) is 6.23. The maximum absolute atomic E-state index is 13.2. The first-order valence-corrected chi connectivity index (χ1v) is 8.93. The van der Waals surface area contributed by atoms with Crippen LogP contribution in [0.4, 0.5) is 0 Å². The Morgan fingerprint density at radius 3 is 2.43 bits per heavy atom. The molecule has 9 heteroatoms. The van der Waals surface area contributed by atoms with Gasteiger partial charge in [-0.1, -0.05) is 12.1 Å². The molecule has 9 nitrogen and oxygen atoms in total. The van der Waals surface area contributed by atoms with Crippen LogP contribution in [0.15, 0.2) is 65.8 Å². The van der Waals surface area contributed by atoms with Gasteiger partial charge in [0.15, 0.2) is 5.82 Å². The molecule has 0 saturated heterocycles. The number of nitrogens with zero attached hydrogens (tertiary/aromatic N) is 4. The molecule has 4 rings (SSSR count). The Hall–Kier alpha value is -4.27. The Bertz CT molecular complexity index is 1270. The predicted octanol–water partition coefficient (Wildman–Crippen LogP) is 2.25. The van der Waals surface area contributed by atoms with E-state index in [1.165, 1.54) is 32.8 Å². The molecule has 1 amide bonds. The number of hydrogen-bond acceptors (Lipinski definition) is 7. The Morgan fingerprint density at radius 1 is 1.03 bits per heavy atom. The molecule has 2 aromatic heterocycles. The van der Waals surface area contributed by atoms with Gasteiger partial charge in [0.25, 0.3) is 11.5 Å². The summed E-state index contributed by atoms with van der Waals surface area (Å²) >= 11 is 0. The number of carbonyl (C=O) groups excluding carboxylic acids is 1. The van der Waals surface area contributed by atoms with Gasteiger partial charge in [0, 0.05) is 24.0 Å². The summed E-state index contributed by atoms with van der Waals surface area (Å²) in [6, 6.07) is 12.0. The fourth-order valence-electron chi connectivity index (χ4n) is 2.94. The highest BCUT2D eigenvalue weighted by Gasteiger charge is 2.18. The van der Waals surface area contributed by atoms with E-state index in [1.807, 2.05) is 0 Å². The van der Waals surface area contributed by atoms with Gasteiger partial charge in [-0.05, 0) is 24.3 Å². The minimum Gasteiger partial charge on any atom is -0.497 e. The summed E-state index contributed by atoms with van der Waals surface area (Å²) in [5.74, 6) is 0.642. The van der Waals surface area contributed by atoms with Crippen LogP contribution in [0.2, 0.25) is 0 Å². The molecule has 0 radical (unpaired) electrons. The van der Waals surface area contributed by atoms with Gasteiger partial charge in [-0.2, -0.15) is 4.68 Å². The molecule has 1 N–H and O–H groups in total. The third-order valence-corrected chi connectivity index (χ3v) is 4.39. The average Bonchev–Trinajstić information content (AvgIpc) is 2.80. The number of nitrogens with one attached hydrogen (secondary N) is 1. The van der Waals surface area contributed by atoms with Crippen molar-refractivity contribution >= 4 is 16.8 Å². The summed E-state index contributed by atoms with van der Waals surface area (Å²) in [5, 5.41) is 0.357. The van der Waals surface area contributed by atoms with Crippen LogP contribution in [0.5, 0.6) is 11.5 Å². The van der Waals surface area contributed by atoms with E-state index < -0.39 is 11.5 Å². The molecule has 2 aromatic carbocycles. The van der Waals surface area contributed by atoms with Gasteiger partial charge in [-0.3, -0.25) is 20.0 Å². The average molecular weight is 403 g/mol. The Labute approximate surface area is 170 Å². The van der Waals surface area contributed by atoms with E-state index in [4.69, 9.17) is 9.47 Å². The molecular weight excluding hydrogens is 386 g/mol. The fraction of sp³-hybridized carbons (Fsp3) is 0.0952. The lowest BCUT2D eigenvalue weighted by molar-refractivity contribution is 0.100. The molecular formula is C21H17N5O4. The summed E-state index contributed by atoms with van der Waals surface area (Å²) in [6.45, 7) is 0. The maximum Gasteiger partial charge on any atom is 0.290 e. The SMILES string of the molecule is COc1cc(OC)cc(-c2nc3ccccc3c(=O)n2NC(=O)c2cnccn2)c1. The fourth-order valence-corrected chi connectivity index (χ4v) is 2.94. The summed E-state index contributed by atoms with van der Waals surface area (Å²) in [5.41, 5.74) is 3.22. The van der Waals surface area contributed by atoms with Gasteiger partial charge in [0.2, 0.25) is 0 Å². The zero-order valence-electron chi connectivity index (χ0n) is 16.2. The number of fused-ring (bicyclic) bond motifs is 1. The lowest BCUT2D eigenvalue weighted by Gasteiger charge is -2.15. The number of amides is 1.